The van der Waals surface area contributed by atoms with Crippen LogP contribution in [0.3, 0.4) is 0 Å². The lowest BCUT2D eigenvalue weighted by molar-refractivity contribution is -0.186. The molecule has 1 saturated carbocycles. The lowest BCUT2D eigenvalue weighted by Gasteiger charge is -2.29. The van der Waals surface area contributed by atoms with Crippen molar-refractivity contribution in [2.45, 2.75) is 45.7 Å². The van der Waals surface area contributed by atoms with Crippen LogP contribution in [0.1, 0.15) is 39.5 Å². The minimum atomic E-state index is -4.33. The molecule has 1 aromatic carbocycles. The first-order valence-corrected chi connectivity index (χ1v) is 9.91. The minimum Gasteiger partial charge on any atom is -0.462 e. The number of allylic oxidation sites excluding steroid dienone is 1. The zero-order chi connectivity index (χ0) is 21.9. The topological polar surface area (TPSA) is 79.8 Å². The Hall–Kier alpha value is -2.84. The van der Waals surface area contributed by atoms with Gasteiger partial charge in [0.25, 0.3) is 0 Å². The summed E-state index contributed by atoms with van der Waals surface area (Å²) in [5, 5.41) is 5.69. The number of carbonyl (C=O) groups excluding carboxylic acids is 2. The van der Waals surface area contributed by atoms with Crippen molar-refractivity contribution in [1.29, 1.82) is 0 Å². The monoisotopic (exact) mass is 423 g/mol. The zero-order valence-corrected chi connectivity index (χ0v) is 16.8. The molecule has 0 bridgehead atoms. The highest BCUT2D eigenvalue weighted by molar-refractivity contribution is 6.24. The fraction of sp³-hybridized carbons (Fsp3) is 0.476. The highest BCUT2D eigenvalue weighted by atomic mass is 19.4. The van der Waals surface area contributed by atoms with Crippen LogP contribution in [0.5, 0.6) is 0 Å². The number of aliphatic imine (C=N–C) groups is 1. The molecular formula is C21H24F3N3O3. The summed E-state index contributed by atoms with van der Waals surface area (Å²) < 4.78 is 44.5. The number of nitrogens with one attached hydrogen (secondary N) is 2. The fourth-order valence-corrected chi connectivity index (χ4v) is 3.78. The van der Waals surface area contributed by atoms with Gasteiger partial charge < -0.3 is 15.4 Å². The van der Waals surface area contributed by atoms with E-state index in [4.69, 9.17) is 4.74 Å². The maximum atomic E-state index is 13.1. The molecule has 0 spiro atoms. The summed E-state index contributed by atoms with van der Waals surface area (Å²) in [7, 11) is 0. The Balaban J connectivity index is 1.90. The highest BCUT2D eigenvalue weighted by Crippen LogP contribution is 2.40. The third-order valence-electron chi connectivity index (χ3n) is 5.30. The summed E-state index contributed by atoms with van der Waals surface area (Å²) in [6.45, 7) is 3.43. The predicted molar refractivity (Wildman–Crippen MR) is 106 cm³/mol. The molecule has 162 valence electrons. The lowest BCUT2D eigenvalue weighted by Crippen LogP contribution is -2.42. The van der Waals surface area contributed by atoms with Crippen LogP contribution in [0.2, 0.25) is 0 Å². The zero-order valence-electron chi connectivity index (χ0n) is 16.8. The van der Waals surface area contributed by atoms with Gasteiger partial charge in [0.15, 0.2) is 0 Å². The van der Waals surface area contributed by atoms with Crippen molar-refractivity contribution in [3.8, 4) is 0 Å². The van der Waals surface area contributed by atoms with Crippen molar-refractivity contribution in [2.24, 2.45) is 16.8 Å². The van der Waals surface area contributed by atoms with E-state index < -0.39 is 29.9 Å². The van der Waals surface area contributed by atoms with Crippen LogP contribution in [0, 0.1) is 11.8 Å². The molecule has 30 heavy (non-hydrogen) atoms. The second kappa shape index (κ2) is 8.89. The SMILES string of the molecule is CCOC(=O)C1=C(C)Nc2ccccc2N=C1NC(=O)C1CCCC(C(F)(F)F)C1. The molecule has 3 rings (SSSR count). The van der Waals surface area contributed by atoms with Gasteiger partial charge in [0, 0.05) is 11.6 Å². The standard InChI is InChI=1S/C21H24F3N3O3/c1-3-30-20(29)17-12(2)25-15-9-4-5-10-16(15)26-18(17)27-19(28)13-7-6-8-14(11-13)21(22,23)24/h4-5,9-10,13-14,25H,3,6-8,11H2,1-2H3,(H,26,27,28). The second-order valence-corrected chi connectivity index (χ2v) is 7.41. The summed E-state index contributed by atoms with van der Waals surface area (Å²) in [5.74, 6) is -3.57. The predicted octanol–water partition coefficient (Wildman–Crippen LogP) is 4.46. The molecule has 1 aliphatic carbocycles. The van der Waals surface area contributed by atoms with E-state index in [1.165, 1.54) is 0 Å². The number of amides is 1. The molecule has 1 aliphatic heterocycles. The van der Waals surface area contributed by atoms with Gasteiger partial charge in [0.1, 0.15) is 11.4 Å². The number of para-hydroxylation sites is 2. The maximum Gasteiger partial charge on any atom is 0.391 e. The van der Waals surface area contributed by atoms with Crippen LogP contribution >= 0.6 is 0 Å². The number of hydrogen-bond acceptors (Lipinski definition) is 5. The number of halogens is 3. The van der Waals surface area contributed by atoms with E-state index in [0.29, 0.717) is 29.9 Å². The van der Waals surface area contributed by atoms with E-state index >= 15 is 0 Å². The van der Waals surface area contributed by atoms with Crippen molar-refractivity contribution in [3.63, 3.8) is 0 Å². The van der Waals surface area contributed by atoms with Crippen LogP contribution in [0.25, 0.3) is 0 Å². The van der Waals surface area contributed by atoms with Gasteiger partial charge in [0.2, 0.25) is 5.91 Å². The molecule has 0 aromatic heterocycles. The minimum absolute atomic E-state index is 0.0254. The first-order valence-electron chi connectivity index (χ1n) is 9.91. The number of hydrogen-bond donors (Lipinski definition) is 2. The quantitative estimate of drug-likeness (QED) is 0.704. The van der Waals surface area contributed by atoms with E-state index in [-0.39, 0.29) is 30.9 Å². The van der Waals surface area contributed by atoms with E-state index in [1.54, 1.807) is 38.1 Å². The van der Waals surface area contributed by atoms with Gasteiger partial charge in [-0.2, -0.15) is 13.2 Å². The Morgan fingerprint density at radius 3 is 2.70 bits per heavy atom. The number of fused-ring (bicyclic) bond motifs is 1. The van der Waals surface area contributed by atoms with Crippen LogP contribution < -0.4 is 10.6 Å². The van der Waals surface area contributed by atoms with Crippen molar-refractivity contribution in [3.05, 3.63) is 35.5 Å². The molecule has 2 atom stereocenters. The van der Waals surface area contributed by atoms with Gasteiger partial charge >= 0.3 is 12.1 Å². The summed E-state index contributed by atoms with van der Waals surface area (Å²) in [5.41, 5.74) is 1.60. The van der Waals surface area contributed by atoms with Crippen molar-refractivity contribution >= 4 is 29.1 Å². The van der Waals surface area contributed by atoms with Gasteiger partial charge in [-0.1, -0.05) is 18.6 Å². The third kappa shape index (κ3) is 4.83. The number of carbonyl (C=O) groups is 2. The number of amidine groups is 1. The van der Waals surface area contributed by atoms with E-state index in [1.807, 2.05) is 0 Å². The molecule has 1 aromatic rings. The Kier molecular flexibility index (Phi) is 6.48. The molecule has 1 heterocycles. The molecule has 0 radical (unpaired) electrons. The Morgan fingerprint density at radius 2 is 2.00 bits per heavy atom. The van der Waals surface area contributed by atoms with Crippen LogP contribution in [0.4, 0.5) is 24.5 Å². The van der Waals surface area contributed by atoms with E-state index in [0.717, 1.165) is 0 Å². The van der Waals surface area contributed by atoms with Gasteiger partial charge in [-0.05, 0) is 45.2 Å². The molecule has 2 aliphatic rings. The largest absolute Gasteiger partial charge is 0.462 e. The lowest BCUT2D eigenvalue weighted by atomic mass is 9.80. The molecule has 2 unspecified atom stereocenters. The van der Waals surface area contributed by atoms with E-state index in [2.05, 4.69) is 15.6 Å². The molecule has 1 fully saturated rings. The molecule has 2 N–H and O–H groups in total. The van der Waals surface area contributed by atoms with Gasteiger partial charge in [-0.15, -0.1) is 0 Å². The average molecular weight is 423 g/mol. The fourth-order valence-electron chi connectivity index (χ4n) is 3.78. The van der Waals surface area contributed by atoms with Crippen molar-refractivity contribution < 1.29 is 27.5 Å². The van der Waals surface area contributed by atoms with Crippen molar-refractivity contribution in [2.75, 3.05) is 11.9 Å². The number of anilines is 1. The Bertz CT molecular complexity index is 893. The van der Waals surface area contributed by atoms with Crippen LogP contribution in [-0.4, -0.2) is 30.5 Å². The second-order valence-electron chi connectivity index (χ2n) is 7.41. The number of nitrogens with zero attached hydrogens (tertiary/aromatic N) is 1. The number of ether oxygens (including phenoxy) is 1. The van der Waals surface area contributed by atoms with Gasteiger partial charge in [0.05, 0.1) is 23.9 Å². The van der Waals surface area contributed by atoms with Gasteiger partial charge in [-0.3, -0.25) is 4.79 Å². The van der Waals surface area contributed by atoms with Crippen molar-refractivity contribution in [1.82, 2.24) is 5.32 Å². The van der Waals surface area contributed by atoms with Gasteiger partial charge in [-0.25, -0.2) is 9.79 Å². The van der Waals surface area contributed by atoms with Crippen LogP contribution in [0.15, 0.2) is 40.5 Å². The highest BCUT2D eigenvalue weighted by Gasteiger charge is 2.44. The number of rotatable bonds is 3. The third-order valence-corrected chi connectivity index (χ3v) is 5.30. The summed E-state index contributed by atoms with van der Waals surface area (Å²) >= 11 is 0. The van der Waals surface area contributed by atoms with Crippen LogP contribution in [-0.2, 0) is 14.3 Å². The smallest absolute Gasteiger partial charge is 0.391 e. The summed E-state index contributed by atoms with van der Waals surface area (Å²) in [4.78, 5) is 29.8. The normalized spacial score (nSPS) is 21.7. The number of alkyl halides is 3. The number of benzene rings is 1. The Labute approximate surface area is 172 Å². The Morgan fingerprint density at radius 1 is 1.27 bits per heavy atom. The average Bonchev–Trinajstić information content (AvgIpc) is 2.82. The van der Waals surface area contributed by atoms with E-state index in [9.17, 15) is 22.8 Å². The summed E-state index contributed by atoms with van der Waals surface area (Å²) in [6.07, 6.45) is -3.89. The number of esters is 1. The molecule has 6 nitrogen and oxygen atoms in total. The molecular weight excluding hydrogens is 399 g/mol. The molecule has 1 amide bonds. The maximum absolute atomic E-state index is 13.1. The summed E-state index contributed by atoms with van der Waals surface area (Å²) in [6, 6.07) is 7.02. The molecule has 9 heteroatoms. The first kappa shape index (κ1) is 21.9. The first-order chi connectivity index (χ1) is 14.2. The molecule has 0 saturated heterocycles.